The predicted octanol–water partition coefficient (Wildman–Crippen LogP) is 1.50. The molecule has 1 N–H and O–H groups in total. The zero-order valence-corrected chi connectivity index (χ0v) is 11.8. The number of rotatable bonds is 6. The summed E-state index contributed by atoms with van der Waals surface area (Å²) in [7, 11) is 1.89. The van der Waals surface area contributed by atoms with Gasteiger partial charge in [-0.1, -0.05) is 13.8 Å². The first-order valence-electron chi connectivity index (χ1n) is 6.79. The summed E-state index contributed by atoms with van der Waals surface area (Å²) in [6.07, 6.45) is 4.34. The van der Waals surface area contributed by atoms with Gasteiger partial charge in [0.25, 0.3) is 0 Å². The van der Waals surface area contributed by atoms with Crippen molar-refractivity contribution < 1.29 is 4.74 Å². The minimum atomic E-state index is 0.241. The molecule has 1 aliphatic carbocycles. The topological polar surface area (TPSA) is 52.0 Å². The van der Waals surface area contributed by atoms with Crippen molar-refractivity contribution in [3.8, 4) is 0 Å². The van der Waals surface area contributed by atoms with E-state index in [0.29, 0.717) is 12.1 Å². The maximum absolute atomic E-state index is 5.80. The molecule has 1 fully saturated rings. The van der Waals surface area contributed by atoms with Crippen LogP contribution >= 0.6 is 0 Å². The average Bonchev–Trinajstić information content (AvgIpc) is 2.77. The van der Waals surface area contributed by atoms with E-state index in [9.17, 15) is 0 Å². The quantitative estimate of drug-likeness (QED) is 0.833. The van der Waals surface area contributed by atoms with E-state index in [4.69, 9.17) is 4.74 Å². The maximum atomic E-state index is 5.80. The van der Waals surface area contributed by atoms with Crippen molar-refractivity contribution in [1.82, 2.24) is 20.1 Å². The van der Waals surface area contributed by atoms with Crippen molar-refractivity contribution >= 4 is 0 Å². The summed E-state index contributed by atoms with van der Waals surface area (Å²) >= 11 is 0. The Labute approximate surface area is 109 Å². The second-order valence-corrected chi connectivity index (χ2v) is 5.31. The molecule has 5 nitrogen and oxygen atoms in total. The van der Waals surface area contributed by atoms with E-state index in [1.807, 2.05) is 7.05 Å². The molecular weight excluding hydrogens is 228 g/mol. The Morgan fingerprint density at radius 3 is 2.89 bits per heavy atom. The van der Waals surface area contributed by atoms with Crippen molar-refractivity contribution in [1.29, 1.82) is 0 Å². The fraction of sp³-hybridized carbons (Fsp3) is 0.846. The van der Waals surface area contributed by atoms with Gasteiger partial charge in [0.2, 0.25) is 0 Å². The first-order chi connectivity index (χ1) is 8.60. The standard InChI is InChI=1S/C13H24N4O/c1-5-13(3)10(7-11(13)18-6-2)14-8-12-15-9-17(4)16-12/h9-11,14H,5-8H2,1-4H3. The minimum Gasteiger partial charge on any atom is -0.378 e. The number of aryl methyl sites for hydroxylation is 1. The van der Waals surface area contributed by atoms with E-state index in [-0.39, 0.29) is 5.41 Å². The molecule has 0 saturated heterocycles. The van der Waals surface area contributed by atoms with Crippen molar-refractivity contribution in [2.75, 3.05) is 6.61 Å². The van der Waals surface area contributed by atoms with Gasteiger partial charge in [-0.3, -0.25) is 4.68 Å². The number of nitrogens with one attached hydrogen (secondary N) is 1. The first kappa shape index (κ1) is 13.5. The zero-order chi connectivity index (χ0) is 13.2. The largest absolute Gasteiger partial charge is 0.378 e. The Morgan fingerprint density at radius 1 is 1.56 bits per heavy atom. The molecule has 1 aromatic rings. The molecule has 5 heteroatoms. The van der Waals surface area contributed by atoms with Gasteiger partial charge in [0.05, 0.1) is 12.6 Å². The van der Waals surface area contributed by atoms with Crippen LogP contribution in [0.15, 0.2) is 6.33 Å². The molecule has 1 heterocycles. The van der Waals surface area contributed by atoms with Crippen LogP contribution in [0.5, 0.6) is 0 Å². The molecule has 0 bridgehead atoms. The average molecular weight is 252 g/mol. The number of aromatic nitrogens is 3. The van der Waals surface area contributed by atoms with Crippen LogP contribution in [0.25, 0.3) is 0 Å². The van der Waals surface area contributed by atoms with E-state index < -0.39 is 0 Å². The van der Waals surface area contributed by atoms with Crippen LogP contribution in [0.3, 0.4) is 0 Å². The lowest BCUT2D eigenvalue weighted by atomic mass is 9.61. The molecule has 102 valence electrons. The second kappa shape index (κ2) is 5.36. The summed E-state index contributed by atoms with van der Waals surface area (Å²) in [6.45, 7) is 8.14. The molecule has 3 unspecified atom stereocenters. The SMILES string of the molecule is CCOC1CC(NCc2ncn(C)n2)C1(C)CC. The highest BCUT2D eigenvalue weighted by molar-refractivity contribution is 5.05. The van der Waals surface area contributed by atoms with E-state index in [1.54, 1.807) is 11.0 Å². The lowest BCUT2D eigenvalue weighted by Crippen LogP contribution is -2.62. The Morgan fingerprint density at radius 2 is 2.33 bits per heavy atom. The molecule has 2 rings (SSSR count). The summed E-state index contributed by atoms with van der Waals surface area (Å²) in [4.78, 5) is 4.23. The van der Waals surface area contributed by atoms with Gasteiger partial charge in [0.15, 0.2) is 5.82 Å². The molecule has 0 amide bonds. The fourth-order valence-corrected chi connectivity index (χ4v) is 2.75. The molecule has 18 heavy (non-hydrogen) atoms. The Balaban J connectivity index is 1.87. The van der Waals surface area contributed by atoms with Crippen molar-refractivity contribution in [2.24, 2.45) is 12.5 Å². The van der Waals surface area contributed by atoms with Gasteiger partial charge in [0, 0.05) is 25.1 Å². The van der Waals surface area contributed by atoms with Gasteiger partial charge in [-0.2, -0.15) is 5.10 Å². The number of ether oxygens (including phenoxy) is 1. The molecule has 1 saturated carbocycles. The van der Waals surface area contributed by atoms with Crippen LogP contribution in [0.4, 0.5) is 0 Å². The smallest absolute Gasteiger partial charge is 0.164 e. The van der Waals surface area contributed by atoms with Gasteiger partial charge < -0.3 is 10.1 Å². The summed E-state index contributed by atoms with van der Waals surface area (Å²) in [6, 6.07) is 0.503. The van der Waals surface area contributed by atoms with E-state index in [1.165, 1.54) is 0 Å². The van der Waals surface area contributed by atoms with Gasteiger partial charge in [-0.25, -0.2) is 4.98 Å². The molecule has 0 radical (unpaired) electrons. The van der Waals surface area contributed by atoms with Crippen molar-refractivity contribution in [3.63, 3.8) is 0 Å². The summed E-state index contributed by atoms with van der Waals surface area (Å²) in [5, 5.41) is 7.84. The third-order valence-corrected chi connectivity index (χ3v) is 4.26. The molecule has 3 atom stereocenters. The van der Waals surface area contributed by atoms with Crippen LogP contribution in [-0.4, -0.2) is 33.5 Å². The second-order valence-electron chi connectivity index (χ2n) is 5.31. The first-order valence-corrected chi connectivity index (χ1v) is 6.79. The molecule has 0 aliphatic heterocycles. The highest BCUT2D eigenvalue weighted by Crippen LogP contribution is 2.45. The Bertz CT molecular complexity index is 392. The van der Waals surface area contributed by atoms with E-state index >= 15 is 0 Å². The van der Waals surface area contributed by atoms with Crippen LogP contribution in [-0.2, 0) is 18.3 Å². The molecule has 1 aliphatic rings. The molecule has 0 spiro atoms. The lowest BCUT2D eigenvalue weighted by Gasteiger charge is -2.53. The summed E-state index contributed by atoms with van der Waals surface area (Å²) < 4.78 is 7.53. The van der Waals surface area contributed by atoms with Gasteiger partial charge in [-0.15, -0.1) is 0 Å². The molecule has 1 aromatic heterocycles. The van der Waals surface area contributed by atoms with Crippen molar-refractivity contribution in [2.45, 2.75) is 52.3 Å². The van der Waals surface area contributed by atoms with Crippen LogP contribution < -0.4 is 5.32 Å². The van der Waals surface area contributed by atoms with Gasteiger partial charge in [0.1, 0.15) is 6.33 Å². The lowest BCUT2D eigenvalue weighted by molar-refractivity contribution is -0.126. The minimum absolute atomic E-state index is 0.241. The predicted molar refractivity (Wildman–Crippen MR) is 70.1 cm³/mol. The third kappa shape index (κ3) is 2.42. The van der Waals surface area contributed by atoms with E-state index in [2.05, 4.69) is 36.2 Å². The van der Waals surface area contributed by atoms with Crippen LogP contribution in [0, 0.1) is 5.41 Å². The van der Waals surface area contributed by atoms with E-state index in [0.717, 1.165) is 31.8 Å². The molecular formula is C13H24N4O. The fourth-order valence-electron chi connectivity index (χ4n) is 2.75. The van der Waals surface area contributed by atoms with Crippen LogP contribution in [0.1, 0.15) is 39.4 Å². The summed E-state index contributed by atoms with van der Waals surface area (Å²) in [5.74, 6) is 0.857. The summed E-state index contributed by atoms with van der Waals surface area (Å²) in [5.41, 5.74) is 0.241. The number of hydrogen-bond acceptors (Lipinski definition) is 4. The van der Waals surface area contributed by atoms with Gasteiger partial charge >= 0.3 is 0 Å². The number of hydrogen-bond donors (Lipinski definition) is 1. The highest BCUT2D eigenvalue weighted by Gasteiger charge is 2.50. The normalized spacial score (nSPS) is 31.3. The monoisotopic (exact) mass is 252 g/mol. The van der Waals surface area contributed by atoms with Crippen molar-refractivity contribution in [3.05, 3.63) is 12.2 Å². The highest BCUT2D eigenvalue weighted by atomic mass is 16.5. The Kier molecular flexibility index (Phi) is 4.02. The Hall–Kier alpha value is -0.940. The molecule has 0 aromatic carbocycles. The third-order valence-electron chi connectivity index (χ3n) is 4.26. The number of nitrogens with zero attached hydrogens (tertiary/aromatic N) is 3. The maximum Gasteiger partial charge on any atom is 0.164 e. The van der Waals surface area contributed by atoms with Crippen LogP contribution in [0.2, 0.25) is 0 Å². The zero-order valence-electron chi connectivity index (χ0n) is 11.8. The van der Waals surface area contributed by atoms with Gasteiger partial charge in [-0.05, 0) is 19.8 Å².